The summed E-state index contributed by atoms with van der Waals surface area (Å²) >= 11 is 3.35. The number of halogens is 4. The van der Waals surface area contributed by atoms with Gasteiger partial charge >= 0.3 is 6.18 Å². The van der Waals surface area contributed by atoms with E-state index in [4.69, 9.17) is 4.74 Å². The van der Waals surface area contributed by atoms with Gasteiger partial charge < -0.3 is 4.74 Å². The van der Waals surface area contributed by atoms with Crippen molar-refractivity contribution < 1.29 is 17.9 Å². The van der Waals surface area contributed by atoms with Crippen molar-refractivity contribution in [3.05, 3.63) is 63.6 Å². The van der Waals surface area contributed by atoms with E-state index in [9.17, 15) is 13.2 Å². The Morgan fingerprint density at radius 1 is 1.10 bits per heavy atom. The van der Waals surface area contributed by atoms with Gasteiger partial charge in [-0.05, 0) is 35.4 Å². The number of hydrogen-bond donors (Lipinski definition) is 0. The van der Waals surface area contributed by atoms with Gasteiger partial charge in [-0.15, -0.1) is 0 Å². The average molecular weight is 345 g/mol. The molecule has 0 amide bonds. The minimum absolute atomic E-state index is 0.381. The second-order valence-electron chi connectivity index (χ2n) is 4.33. The first-order valence-corrected chi connectivity index (χ1v) is 6.68. The molecule has 0 radical (unpaired) electrons. The number of methoxy groups -OCH3 is 1. The molecule has 106 valence electrons. The summed E-state index contributed by atoms with van der Waals surface area (Å²) in [4.78, 5) is 0. The first kappa shape index (κ1) is 14.9. The molecule has 1 nitrogen and oxygen atoms in total. The molecule has 0 aliphatic rings. The summed E-state index contributed by atoms with van der Waals surface area (Å²) in [5, 5.41) is 0. The maximum atomic E-state index is 12.7. The molecule has 0 aliphatic heterocycles. The largest absolute Gasteiger partial charge is 0.496 e. The lowest BCUT2D eigenvalue weighted by atomic mass is 10.0. The van der Waals surface area contributed by atoms with Gasteiger partial charge in [-0.2, -0.15) is 13.2 Å². The standard InChI is InChI=1S/C15H12BrF3O/c1-20-14-6-5-13(16)9-11(14)7-10-3-2-4-12(8-10)15(17,18)19/h2-6,8-9H,7H2,1H3. The van der Waals surface area contributed by atoms with Crippen molar-refractivity contribution in [3.8, 4) is 5.75 Å². The molecule has 5 heteroatoms. The minimum Gasteiger partial charge on any atom is -0.496 e. The highest BCUT2D eigenvalue weighted by molar-refractivity contribution is 9.10. The number of alkyl halides is 3. The van der Waals surface area contributed by atoms with E-state index in [0.717, 1.165) is 16.1 Å². The van der Waals surface area contributed by atoms with E-state index >= 15 is 0 Å². The van der Waals surface area contributed by atoms with E-state index in [1.54, 1.807) is 19.2 Å². The summed E-state index contributed by atoms with van der Waals surface area (Å²) in [6, 6.07) is 10.8. The first-order valence-electron chi connectivity index (χ1n) is 5.88. The Hall–Kier alpha value is -1.49. The molecule has 2 rings (SSSR count). The van der Waals surface area contributed by atoms with Gasteiger partial charge in [-0.25, -0.2) is 0 Å². The molecule has 2 aromatic carbocycles. The van der Waals surface area contributed by atoms with Crippen LogP contribution in [0.1, 0.15) is 16.7 Å². The second kappa shape index (κ2) is 5.87. The van der Waals surface area contributed by atoms with Gasteiger partial charge in [-0.1, -0.05) is 34.1 Å². The third-order valence-electron chi connectivity index (χ3n) is 2.89. The zero-order valence-corrected chi connectivity index (χ0v) is 12.3. The summed E-state index contributed by atoms with van der Waals surface area (Å²) in [5.41, 5.74) is 0.793. The summed E-state index contributed by atoms with van der Waals surface area (Å²) in [6.07, 6.45) is -3.94. The Labute approximate surface area is 123 Å². The molecule has 0 unspecified atom stereocenters. The molecule has 0 saturated heterocycles. The Morgan fingerprint density at radius 3 is 2.50 bits per heavy atom. The molecule has 0 aromatic heterocycles. The van der Waals surface area contributed by atoms with Crippen molar-refractivity contribution in [2.24, 2.45) is 0 Å². The predicted octanol–water partition coefficient (Wildman–Crippen LogP) is 5.07. The first-order chi connectivity index (χ1) is 9.40. The molecular formula is C15H12BrF3O. The molecule has 0 spiro atoms. The van der Waals surface area contributed by atoms with E-state index in [-0.39, 0.29) is 0 Å². The number of hydrogen-bond acceptors (Lipinski definition) is 1. The summed E-state index contributed by atoms with van der Waals surface area (Å²) in [5.74, 6) is 0.658. The van der Waals surface area contributed by atoms with Gasteiger partial charge in [-0.3, -0.25) is 0 Å². The maximum Gasteiger partial charge on any atom is 0.416 e. The highest BCUT2D eigenvalue weighted by atomic mass is 79.9. The SMILES string of the molecule is COc1ccc(Br)cc1Cc1cccc(C(F)(F)F)c1. The van der Waals surface area contributed by atoms with E-state index < -0.39 is 11.7 Å². The lowest BCUT2D eigenvalue weighted by Crippen LogP contribution is -2.05. The quantitative estimate of drug-likeness (QED) is 0.755. The second-order valence-corrected chi connectivity index (χ2v) is 5.25. The zero-order chi connectivity index (χ0) is 14.8. The molecular weight excluding hydrogens is 333 g/mol. The fraction of sp³-hybridized carbons (Fsp3) is 0.200. The third kappa shape index (κ3) is 3.54. The number of ether oxygens (including phenoxy) is 1. The van der Waals surface area contributed by atoms with Crippen LogP contribution in [0.5, 0.6) is 5.75 Å². The Kier molecular flexibility index (Phi) is 4.38. The Bertz CT molecular complexity index is 608. The lowest BCUT2D eigenvalue weighted by Gasteiger charge is -2.11. The Morgan fingerprint density at radius 2 is 1.85 bits per heavy atom. The van der Waals surface area contributed by atoms with Crippen LogP contribution in [-0.2, 0) is 12.6 Å². The average Bonchev–Trinajstić information content (AvgIpc) is 2.38. The summed E-state index contributed by atoms with van der Waals surface area (Å²) in [7, 11) is 1.54. The molecule has 20 heavy (non-hydrogen) atoms. The van der Waals surface area contributed by atoms with Crippen LogP contribution in [0.15, 0.2) is 46.9 Å². The summed E-state index contributed by atoms with van der Waals surface area (Å²) < 4.78 is 44.1. The fourth-order valence-electron chi connectivity index (χ4n) is 1.96. The molecule has 0 atom stereocenters. The molecule has 0 fully saturated rings. The van der Waals surface area contributed by atoms with Crippen LogP contribution in [0.25, 0.3) is 0 Å². The van der Waals surface area contributed by atoms with Crippen molar-refractivity contribution in [3.63, 3.8) is 0 Å². The number of benzene rings is 2. The van der Waals surface area contributed by atoms with Gasteiger partial charge in [0.15, 0.2) is 0 Å². The summed E-state index contributed by atoms with van der Waals surface area (Å²) in [6.45, 7) is 0. The topological polar surface area (TPSA) is 9.23 Å². The molecule has 0 N–H and O–H groups in total. The van der Waals surface area contributed by atoms with Gasteiger partial charge in [0.25, 0.3) is 0 Å². The highest BCUT2D eigenvalue weighted by Gasteiger charge is 2.30. The van der Waals surface area contributed by atoms with Gasteiger partial charge in [0.2, 0.25) is 0 Å². The van der Waals surface area contributed by atoms with Crippen molar-refractivity contribution in [1.82, 2.24) is 0 Å². The van der Waals surface area contributed by atoms with Crippen molar-refractivity contribution in [2.75, 3.05) is 7.11 Å². The van der Waals surface area contributed by atoms with Crippen molar-refractivity contribution >= 4 is 15.9 Å². The van der Waals surface area contributed by atoms with Crippen LogP contribution >= 0.6 is 15.9 Å². The van der Waals surface area contributed by atoms with E-state index in [2.05, 4.69) is 15.9 Å². The van der Waals surface area contributed by atoms with Gasteiger partial charge in [0.1, 0.15) is 5.75 Å². The monoisotopic (exact) mass is 344 g/mol. The molecule has 0 heterocycles. The maximum absolute atomic E-state index is 12.7. The van der Waals surface area contributed by atoms with Crippen molar-refractivity contribution in [2.45, 2.75) is 12.6 Å². The highest BCUT2D eigenvalue weighted by Crippen LogP contribution is 2.31. The van der Waals surface area contributed by atoms with Crippen LogP contribution in [0.2, 0.25) is 0 Å². The predicted molar refractivity (Wildman–Crippen MR) is 74.9 cm³/mol. The smallest absolute Gasteiger partial charge is 0.416 e. The zero-order valence-electron chi connectivity index (χ0n) is 10.7. The van der Waals surface area contributed by atoms with E-state index in [1.807, 2.05) is 12.1 Å². The van der Waals surface area contributed by atoms with Gasteiger partial charge in [0.05, 0.1) is 12.7 Å². The van der Waals surface area contributed by atoms with E-state index in [0.29, 0.717) is 17.7 Å². The molecule has 2 aromatic rings. The third-order valence-corrected chi connectivity index (χ3v) is 3.38. The van der Waals surface area contributed by atoms with Crippen LogP contribution in [-0.4, -0.2) is 7.11 Å². The fourth-order valence-corrected chi connectivity index (χ4v) is 2.37. The molecule has 0 saturated carbocycles. The van der Waals surface area contributed by atoms with Crippen LogP contribution in [0.3, 0.4) is 0 Å². The van der Waals surface area contributed by atoms with Crippen LogP contribution < -0.4 is 4.74 Å². The molecule has 0 bridgehead atoms. The Balaban J connectivity index is 2.33. The van der Waals surface area contributed by atoms with Crippen LogP contribution in [0, 0.1) is 0 Å². The van der Waals surface area contributed by atoms with Crippen molar-refractivity contribution in [1.29, 1.82) is 0 Å². The molecule has 0 aliphatic carbocycles. The van der Waals surface area contributed by atoms with E-state index in [1.165, 1.54) is 12.1 Å². The normalized spacial score (nSPS) is 11.4. The van der Waals surface area contributed by atoms with Crippen LogP contribution in [0.4, 0.5) is 13.2 Å². The van der Waals surface area contributed by atoms with Gasteiger partial charge in [0, 0.05) is 10.9 Å². The minimum atomic E-state index is -4.32. The number of rotatable bonds is 3. The lowest BCUT2D eigenvalue weighted by molar-refractivity contribution is -0.137.